The number of fused-ring (bicyclic) bond motifs is 2. The number of hydrogen-bond acceptors (Lipinski definition) is 6. The Morgan fingerprint density at radius 2 is 2.19 bits per heavy atom. The Labute approximate surface area is 154 Å². The van der Waals surface area contributed by atoms with Gasteiger partial charge in [-0.15, -0.1) is 15.3 Å². The molecule has 0 bridgehead atoms. The molecule has 0 aromatic carbocycles. The number of nitrogens with one attached hydrogen (secondary N) is 2. The highest BCUT2D eigenvalue weighted by Crippen LogP contribution is 2.23. The van der Waals surface area contributed by atoms with E-state index in [1.54, 1.807) is 16.9 Å². The molecule has 1 aliphatic rings. The van der Waals surface area contributed by atoms with E-state index in [1.165, 1.54) is 0 Å². The Hall–Kier alpha value is -3.49. The molecule has 0 atom stereocenters. The van der Waals surface area contributed by atoms with E-state index in [0.717, 1.165) is 41.4 Å². The van der Waals surface area contributed by atoms with Crippen LogP contribution in [0.4, 0.5) is 5.82 Å². The molecule has 9 nitrogen and oxygen atoms in total. The number of amides is 1. The molecule has 5 heterocycles. The summed E-state index contributed by atoms with van der Waals surface area (Å²) >= 11 is 0. The highest BCUT2D eigenvalue weighted by atomic mass is 16.1. The number of rotatable bonds is 4. The quantitative estimate of drug-likeness (QED) is 0.565. The van der Waals surface area contributed by atoms with Crippen LogP contribution in [0.2, 0.25) is 0 Å². The molecule has 5 rings (SSSR count). The number of pyridine rings is 1. The number of carbonyl (C=O) groups is 1. The number of anilines is 1. The van der Waals surface area contributed by atoms with Crippen molar-refractivity contribution in [2.24, 2.45) is 5.92 Å². The molecule has 0 radical (unpaired) electrons. The van der Waals surface area contributed by atoms with Crippen molar-refractivity contribution in [3.8, 4) is 0 Å². The van der Waals surface area contributed by atoms with E-state index in [4.69, 9.17) is 0 Å². The van der Waals surface area contributed by atoms with Gasteiger partial charge in [-0.3, -0.25) is 4.79 Å². The minimum Gasteiger partial charge on any atom is -0.354 e. The van der Waals surface area contributed by atoms with Crippen molar-refractivity contribution in [1.29, 1.82) is 0 Å². The predicted octanol–water partition coefficient (Wildman–Crippen LogP) is 1.18. The Balaban J connectivity index is 1.20. The minimum absolute atomic E-state index is 0.0765. The summed E-state index contributed by atoms with van der Waals surface area (Å²) in [5, 5.41) is 16.5. The van der Waals surface area contributed by atoms with Crippen molar-refractivity contribution in [3.63, 3.8) is 0 Å². The second-order valence-electron chi connectivity index (χ2n) is 6.79. The van der Waals surface area contributed by atoms with Crippen LogP contribution in [0.5, 0.6) is 0 Å². The summed E-state index contributed by atoms with van der Waals surface area (Å²) < 4.78 is 1.75. The molecular formula is C18H18N8O. The van der Waals surface area contributed by atoms with Crippen molar-refractivity contribution in [3.05, 3.63) is 48.0 Å². The van der Waals surface area contributed by atoms with Crippen LogP contribution in [0, 0.1) is 12.8 Å². The van der Waals surface area contributed by atoms with Crippen molar-refractivity contribution < 1.29 is 4.79 Å². The van der Waals surface area contributed by atoms with Gasteiger partial charge >= 0.3 is 0 Å². The maximum absolute atomic E-state index is 12.5. The molecule has 0 aliphatic carbocycles. The lowest BCUT2D eigenvalue weighted by atomic mass is 10.00. The van der Waals surface area contributed by atoms with Crippen LogP contribution in [0.15, 0.2) is 36.7 Å². The van der Waals surface area contributed by atoms with Crippen LogP contribution in [0.1, 0.15) is 16.2 Å². The van der Waals surface area contributed by atoms with Crippen LogP contribution in [0.3, 0.4) is 0 Å². The molecule has 136 valence electrons. The first-order chi connectivity index (χ1) is 13.2. The largest absolute Gasteiger partial charge is 0.354 e. The van der Waals surface area contributed by atoms with Crippen molar-refractivity contribution in [2.75, 3.05) is 24.5 Å². The van der Waals surface area contributed by atoms with E-state index in [-0.39, 0.29) is 5.91 Å². The van der Waals surface area contributed by atoms with E-state index >= 15 is 0 Å². The van der Waals surface area contributed by atoms with E-state index in [0.29, 0.717) is 18.0 Å². The predicted molar refractivity (Wildman–Crippen MR) is 99.6 cm³/mol. The fraction of sp³-hybridized carbons (Fsp3) is 0.278. The Kier molecular flexibility index (Phi) is 3.52. The van der Waals surface area contributed by atoms with Crippen molar-refractivity contribution in [1.82, 2.24) is 35.1 Å². The summed E-state index contributed by atoms with van der Waals surface area (Å²) in [7, 11) is 0. The molecule has 1 amide bonds. The maximum Gasteiger partial charge on any atom is 0.253 e. The van der Waals surface area contributed by atoms with Crippen LogP contribution < -0.4 is 10.2 Å². The fourth-order valence-electron chi connectivity index (χ4n) is 3.42. The van der Waals surface area contributed by atoms with Gasteiger partial charge in [0.1, 0.15) is 11.5 Å². The van der Waals surface area contributed by atoms with Crippen LogP contribution in [-0.2, 0) is 0 Å². The number of carbonyl (C=O) groups excluding carboxylic acids is 1. The Morgan fingerprint density at radius 1 is 1.30 bits per heavy atom. The standard InChI is InChI=1S/C18H18N8O/c1-11-22-23-15-4-5-16(24-26(11)15)25-9-12(10-25)7-21-18(27)14-8-20-17-13(14)3-2-6-19-17/h2-6,8,12H,7,9-10H2,1H3,(H,19,20)(H,21,27). The van der Waals surface area contributed by atoms with Crippen LogP contribution >= 0.6 is 0 Å². The zero-order chi connectivity index (χ0) is 18.4. The average Bonchev–Trinajstić information content (AvgIpc) is 3.24. The monoisotopic (exact) mass is 362 g/mol. The second-order valence-corrected chi connectivity index (χ2v) is 6.79. The molecule has 0 spiro atoms. The number of aromatic amines is 1. The molecule has 4 aromatic heterocycles. The van der Waals surface area contributed by atoms with Crippen LogP contribution in [-0.4, -0.2) is 55.3 Å². The average molecular weight is 362 g/mol. The van der Waals surface area contributed by atoms with Gasteiger partial charge in [-0.25, -0.2) is 4.98 Å². The number of aryl methyl sites for hydroxylation is 1. The molecule has 9 heteroatoms. The normalized spacial score (nSPS) is 14.6. The van der Waals surface area contributed by atoms with Gasteiger partial charge in [0.05, 0.1) is 5.56 Å². The zero-order valence-electron chi connectivity index (χ0n) is 14.8. The SMILES string of the molecule is Cc1nnc2ccc(N3CC(CNC(=O)c4c[nH]c5ncccc45)C3)nn12. The van der Waals surface area contributed by atoms with E-state index in [9.17, 15) is 4.79 Å². The van der Waals surface area contributed by atoms with E-state index in [1.807, 2.05) is 31.2 Å². The summed E-state index contributed by atoms with van der Waals surface area (Å²) in [5.74, 6) is 1.99. The molecule has 27 heavy (non-hydrogen) atoms. The zero-order valence-corrected chi connectivity index (χ0v) is 14.8. The minimum atomic E-state index is -0.0765. The number of nitrogens with zero attached hydrogens (tertiary/aromatic N) is 6. The number of H-pyrrole nitrogens is 1. The third-order valence-corrected chi connectivity index (χ3v) is 4.93. The summed E-state index contributed by atoms with van der Waals surface area (Å²) in [6.45, 7) is 4.23. The highest BCUT2D eigenvalue weighted by Gasteiger charge is 2.28. The summed E-state index contributed by atoms with van der Waals surface area (Å²) in [6, 6.07) is 7.60. The first-order valence-corrected chi connectivity index (χ1v) is 8.83. The molecular weight excluding hydrogens is 344 g/mol. The molecule has 4 aromatic rings. The summed E-state index contributed by atoms with van der Waals surface area (Å²) in [5.41, 5.74) is 2.10. The van der Waals surface area contributed by atoms with Gasteiger partial charge in [-0.1, -0.05) is 0 Å². The fourth-order valence-corrected chi connectivity index (χ4v) is 3.42. The van der Waals surface area contributed by atoms with Gasteiger partial charge in [0, 0.05) is 43.3 Å². The van der Waals surface area contributed by atoms with Crippen LogP contribution in [0.25, 0.3) is 16.7 Å². The summed E-state index contributed by atoms with van der Waals surface area (Å²) in [4.78, 5) is 21.9. The second kappa shape index (κ2) is 6.04. The highest BCUT2D eigenvalue weighted by molar-refractivity contribution is 6.05. The van der Waals surface area contributed by atoms with Crippen molar-refractivity contribution >= 4 is 28.4 Å². The molecule has 2 N–H and O–H groups in total. The summed E-state index contributed by atoms with van der Waals surface area (Å²) in [6.07, 6.45) is 3.41. The molecule has 0 saturated carbocycles. The van der Waals surface area contributed by atoms with Gasteiger partial charge in [-0.05, 0) is 31.2 Å². The number of aromatic nitrogens is 6. The van der Waals surface area contributed by atoms with Gasteiger partial charge < -0.3 is 15.2 Å². The third kappa shape index (κ3) is 2.67. The smallest absolute Gasteiger partial charge is 0.253 e. The number of hydrogen-bond donors (Lipinski definition) is 2. The van der Waals surface area contributed by atoms with Gasteiger partial charge in [0.2, 0.25) is 0 Å². The first kappa shape index (κ1) is 15.7. The maximum atomic E-state index is 12.5. The van der Waals surface area contributed by atoms with E-state index < -0.39 is 0 Å². The van der Waals surface area contributed by atoms with Gasteiger partial charge in [0.25, 0.3) is 5.91 Å². The molecule has 1 aliphatic heterocycles. The van der Waals surface area contributed by atoms with Crippen molar-refractivity contribution in [2.45, 2.75) is 6.92 Å². The van der Waals surface area contributed by atoms with Gasteiger partial charge in [-0.2, -0.15) is 4.52 Å². The molecule has 1 fully saturated rings. The van der Waals surface area contributed by atoms with E-state index in [2.05, 4.69) is 35.5 Å². The molecule has 0 unspecified atom stereocenters. The lowest BCUT2D eigenvalue weighted by molar-refractivity contribution is 0.0946. The van der Waals surface area contributed by atoms with Gasteiger partial charge in [0.15, 0.2) is 11.5 Å². The first-order valence-electron chi connectivity index (χ1n) is 8.83. The molecule has 1 saturated heterocycles. The lowest BCUT2D eigenvalue weighted by Gasteiger charge is -2.40. The Morgan fingerprint density at radius 3 is 3.07 bits per heavy atom. The topological polar surface area (TPSA) is 104 Å². The lowest BCUT2D eigenvalue weighted by Crippen LogP contribution is -2.52. The third-order valence-electron chi connectivity index (χ3n) is 4.93. The Bertz CT molecular complexity index is 1140.